The second-order valence-corrected chi connectivity index (χ2v) is 11.2. The lowest BCUT2D eigenvalue weighted by atomic mass is 9.82. The van der Waals surface area contributed by atoms with Gasteiger partial charge in [-0.15, -0.1) is 0 Å². The number of ether oxygens (including phenoxy) is 1. The maximum atomic E-state index is 14.6. The molecule has 0 aliphatic carbocycles. The van der Waals surface area contributed by atoms with Crippen molar-refractivity contribution in [1.82, 2.24) is 10.2 Å². The molecular weight excluding hydrogens is 536 g/mol. The monoisotopic (exact) mass is 572 g/mol. The third-order valence-corrected chi connectivity index (χ3v) is 7.02. The van der Waals surface area contributed by atoms with Crippen molar-refractivity contribution in [2.45, 2.75) is 57.8 Å². The number of hydrogen-bond donors (Lipinski definition) is 3. The summed E-state index contributed by atoms with van der Waals surface area (Å²) in [5.74, 6) is -1.82. The van der Waals surface area contributed by atoms with Crippen LogP contribution in [0, 0.1) is 0 Å². The molecule has 1 aliphatic rings. The highest BCUT2D eigenvalue weighted by Gasteiger charge is 2.54. The Kier molecular flexibility index (Phi) is 8.84. The van der Waals surface area contributed by atoms with Gasteiger partial charge in [0.05, 0.1) is 12.1 Å². The summed E-state index contributed by atoms with van der Waals surface area (Å²) in [6, 6.07) is 22.3. The number of carbonyl (C=O) groups is 4. The summed E-state index contributed by atoms with van der Waals surface area (Å²) in [5.41, 5.74) is 6.35. The number of nitrogens with two attached hydrogens (primary N) is 1. The fraction of sp³-hybridized carbons (Fsp3) is 0.312. The van der Waals surface area contributed by atoms with Crippen molar-refractivity contribution in [3.8, 4) is 0 Å². The lowest BCUT2D eigenvalue weighted by Crippen LogP contribution is -2.60. The van der Waals surface area contributed by atoms with E-state index in [1.165, 1.54) is 0 Å². The van der Waals surface area contributed by atoms with Crippen molar-refractivity contribution >= 4 is 29.7 Å². The number of urea groups is 1. The first-order chi connectivity index (χ1) is 19.9. The number of aliphatic carboxylic acids is 1. The first-order valence-electron chi connectivity index (χ1n) is 13.7. The van der Waals surface area contributed by atoms with Gasteiger partial charge in [0.1, 0.15) is 5.60 Å². The number of nitrogens with zero attached hydrogens (tertiary/aromatic N) is 2. The number of carboxylic acids is 1. The van der Waals surface area contributed by atoms with E-state index >= 15 is 0 Å². The lowest BCUT2D eigenvalue weighted by Gasteiger charge is -2.41. The van der Waals surface area contributed by atoms with Crippen LogP contribution >= 0.6 is 0 Å². The molecule has 0 radical (unpaired) electrons. The number of carboxylic acid groups (broad SMARTS) is 1. The molecule has 0 fully saturated rings. The Bertz CT molecular complexity index is 1450. The minimum absolute atomic E-state index is 0.140. The van der Waals surface area contributed by atoms with Gasteiger partial charge in [0.2, 0.25) is 0 Å². The summed E-state index contributed by atoms with van der Waals surface area (Å²) < 4.78 is 5.28. The molecule has 1 aliphatic heterocycles. The van der Waals surface area contributed by atoms with Crippen molar-refractivity contribution in [1.29, 1.82) is 0 Å². The van der Waals surface area contributed by atoms with Crippen LogP contribution in [0.5, 0.6) is 0 Å². The van der Waals surface area contributed by atoms with Gasteiger partial charge in [-0.1, -0.05) is 72.8 Å². The number of primary amides is 1. The molecule has 4 N–H and O–H groups in total. The van der Waals surface area contributed by atoms with E-state index in [0.29, 0.717) is 29.8 Å². The summed E-state index contributed by atoms with van der Waals surface area (Å²) in [7, 11) is 0. The molecule has 1 unspecified atom stereocenters. The summed E-state index contributed by atoms with van der Waals surface area (Å²) in [4.78, 5) is 55.0. The molecule has 0 saturated carbocycles. The second-order valence-electron chi connectivity index (χ2n) is 11.2. The van der Waals surface area contributed by atoms with Gasteiger partial charge in [-0.2, -0.15) is 0 Å². The summed E-state index contributed by atoms with van der Waals surface area (Å²) >= 11 is 0. The molecule has 10 nitrogen and oxygen atoms in total. The van der Waals surface area contributed by atoms with Crippen LogP contribution in [-0.4, -0.2) is 46.2 Å². The normalized spacial score (nSPS) is 16.8. The van der Waals surface area contributed by atoms with E-state index in [-0.39, 0.29) is 18.7 Å². The van der Waals surface area contributed by atoms with Crippen LogP contribution in [0.25, 0.3) is 0 Å². The fourth-order valence-electron chi connectivity index (χ4n) is 5.21. The molecule has 0 saturated heterocycles. The van der Waals surface area contributed by atoms with E-state index in [1.807, 2.05) is 30.3 Å². The third-order valence-electron chi connectivity index (χ3n) is 7.02. The number of amides is 4. The Morgan fingerprint density at radius 3 is 2.21 bits per heavy atom. The quantitative estimate of drug-likeness (QED) is 0.362. The van der Waals surface area contributed by atoms with Crippen molar-refractivity contribution in [3.05, 3.63) is 101 Å². The smallest absolute Gasteiger partial charge is 0.407 e. The van der Waals surface area contributed by atoms with Crippen LogP contribution in [-0.2, 0) is 39.4 Å². The van der Waals surface area contributed by atoms with Crippen molar-refractivity contribution in [2.24, 2.45) is 5.73 Å². The summed E-state index contributed by atoms with van der Waals surface area (Å²) in [5, 5.41) is 12.8. The lowest BCUT2D eigenvalue weighted by molar-refractivity contribution is -0.146. The number of alkyl carbamates (subject to hydrolysis) is 1. The van der Waals surface area contributed by atoms with Gasteiger partial charge in [0.15, 0.2) is 5.54 Å². The van der Waals surface area contributed by atoms with Crippen LogP contribution in [0.4, 0.5) is 15.3 Å². The summed E-state index contributed by atoms with van der Waals surface area (Å²) in [6.45, 7) is 5.89. The molecular formula is C32H36N4O6. The molecule has 4 rings (SSSR count). The maximum Gasteiger partial charge on any atom is 0.407 e. The minimum atomic E-state index is -1.96. The maximum absolute atomic E-state index is 14.6. The molecule has 1 heterocycles. The molecule has 220 valence electrons. The summed E-state index contributed by atoms with van der Waals surface area (Å²) in [6.07, 6.45) is -0.761. The van der Waals surface area contributed by atoms with Gasteiger partial charge in [0, 0.05) is 19.6 Å². The average molecular weight is 573 g/mol. The number of para-hydroxylation sites is 1. The fourth-order valence-corrected chi connectivity index (χ4v) is 5.21. The Morgan fingerprint density at radius 1 is 0.952 bits per heavy atom. The largest absolute Gasteiger partial charge is 0.481 e. The van der Waals surface area contributed by atoms with Crippen LogP contribution in [0.15, 0.2) is 78.9 Å². The molecule has 4 amide bonds. The zero-order valence-electron chi connectivity index (χ0n) is 24.0. The predicted molar refractivity (Wildman–Crippen MR) is 158 cm³/mol. The molecule has 42 heavy (non-hydrogen) atoms. The Morgan fingerprint density at radius 2 is 1.60 bits per heavy atom. The topological polar surface area (TPSA) is 142 Å². The van der Waals surface area contributed by atoms with Crippen molar-refractivity contribution in [2.75, 3.05) is 11.4 Å². The predicted octanol–water partition coefficient (Wildman–Crippen LogP) is 4.55. The number of hydrogen-bond acceptors (Lipinski definition) is 5. The van der Waals surface area contributed by atoms with Crippen LogP contribution < -0.4 is 16.0 Å². The van der Waals surface area contributed by atoms with Gasteiger partial charge in [-0.05, 0) is 55.5 Å². The van der Waals surface area contributed by atoms with Gasteiger partial charge in [0.25, 0.3) is 5.91 Å². The van der Waals surface area contributed by atoms with E-state index in [9.17, 15) is 24.3 Å². The van der Waals surface area contributed by atoms with Gasteiger partial charge < -0.3 is 25.8 Å². The molecule has 0 spiro atoms. The molecule has 3 aromatic carbocycles. The number of benzene rings is 3. The first kappa shape index (κ1) is 30.1. The van der Waals surface area contributed by atoms with E-state index in [4.69, 9.17) is 10.5 Å². The SMILES string of the molecule is CC(C)(C)OC(=O)NCc1ccc(C2(CC(=O)O)C(=O)N(CCc3ccccc3)Cc3ccccc3N2C(N)=O)cc1. The molecule has 0 bridgehead atoms. The highest BCUT2D eigenvalue weighted by atomic mass is 16.6. The molecule has 1 atom stereocenters. The van der Waals surface area contributed by atoms with Crippen LogP contribution in [0.1, 0.15) is 49.4 Å². The van der Waals surface area contributed by atoms with Crippen molar-refractivity contribution < 1.29 is 29.0 Å². The van der Waals surface area contributed by atoms with Gasteiger partial charge >= 0.3 is 18.1 Å². The minimum Gasteiger partial charge on any atom is -0.481 e. The van der Waals surface area contributed by atoms with E-state index in [2.05, 4.69) is 5.32 Å². The Balaban J connectivity index is 1.77. The number of fused-ring (bicyclic) bond motifs is 1. The Hall–Kier alpha value is -4.86. The second kappa shape index (κ2) is 12.3. The Labute approximate surface area is 245 Å². The number of rotatable bonds is 8. The molecule has 10 heteroatoms. The third kappa shape index (κ3) is 6.71. The number of carbonyl (C=O) groups excluding carboxylic acids is 3. The van der Waals surface area contributed by atoms with E-state index in [0.717, 1.165) is 10.5 Å². The van der Waals surface area contributed by atoms with Gasteiger partial charge in [-0.25, -0.2) is 9.59 Å². The van der Waals surface area contributed by atoms with E-state index in [1.54, 1.807) is 74.2 Å². The average Bonchev–Trinajstić information content (AvgIpc) is 3.03. The van der Waals surface area contributed by atoms with Crippen LogP contribution in [0.2, 0.25) is 0 Å². The van der Waals surface area contributed by atoms with E-state index < -0.39 is 41.6 Å². The standard InChI is InChI=1S/C32H36N4O6/c1-31(2,3)42-30(41)34-20-23-13-15-25(16-14-23)32(19-27(37)38)28(39)35(18-17-22-9-5-4-6-10-22)21-24-11-7-8-12-26(24)36(32)29(33)40/h4-16H,17-21H2,1-3H3,(H2,33,40)(H,34,41)(H,37,38). The first-order valence-corrected chi connectivity index (χ1v) is 13.7. The number of nitrogens with one attached hydrogen (secondary N) is 1. The molecule has 3 aromatic rings. The zero-order valence-corrected chi connectivity index (χ0v) is 24.0. The molecule has 0 aromatic heterocycles. The number of anilines is 1. The van der Waals surface area contributed by atoms with Crippen LogP contribution in [0.3, 0.4) is 0 Å². The highest BCUT2D eigenvalue weighted by Crippen LogP contribution is 2.42. The van der Waals surface area contributed by atoms with Crippen molar-refractivity contribution in [3.63, 3.8) is 0 Å². The zero-order chi connectivity index (χ0) is 30.5. The highest BCUT2D eigenvalue weighted by molar-refractivity contribution is 6.06. The van der Waals surface area contributed by atoms with Gasteiger partial charge in [-0.3, -0.25) is 14.5 Å².